The van der Waals surface area contributed by atoms with Gasteiger partial charge in [-0.05, 0) is 42.4 Å². The second kappa shape index (κ2) is 5.25. The van der Waals surface area contributed by atoms with E-state index >= 15 is 0 Å². The molecule has 0 aliphatic heterocycles. The topological polar surface area (TPSA) is 66.9 Å². The van der Waals surface area contributed by atoms with Crippen LogP contribution >= 0.6 is 0 Å². The van der Waals surface area contributed by atoms with Crippen LogP contribution in [0.4, 0.5) is 5.69 Å². The predicted molar refractivity (Wildman–Crippen MR) is 68.9 cm³/mol. The summed E-state index contributed by atoms with van der Waals surface area (Å²) in [5, 5.41) is 0. The number of hydrogen-bond acceptors (Lipinski definition) is 3. The van der Waals surface area contributed by atoms with E-state index in [0.29, 0.717) is 11.4 Å². The van der Waals surface area contributed by atoms with Crippen molar-refractivity contribution in [1.82, 2.24) is 9.55 Å². The van der Waals surface area contributed by atoms with E-state index in [9.17, 15) is 4.55 Å². The minimum Gasteiger partial charge on any atom is -0.611 e. The van der Waals surface area contributed by atoms with Crippen LogP contribution in [-0.4, -0.2) is 14.1 Å². The maximum Gasteiger partial charge on any atom is 0.153 e. The van der Waals surface area contributed by atoms with Gasteiger partial charge in [0, 0.05) is 12.2 Å². The van der Waals surface area contributed by atoms with Crippen molar-refractivity contribution in [2.24, 2.45) is 0 Å². The summed E-state index contributed by atoms with van der Waals surface area (Å²) >= 11 is -1.05. The molecule has 2 rings (SSSR count). The number of hydrogen-bond donors (Lipinski definition) is 1. The molecule has 0 radical (unpaired) electrons. The van der Waals surface area contributed by atoms with Gasteiger partial charge in [0.15, 0.2) is 10.6 Å². The van der Waals surface area contributed by atoms with Gasteiger partial charge in [-0.25, -0.2) is 4.98 Å². The molecule has 17 heavy (non-hydrogen) atoms. The second-order valence-electron chi connectivity index (χ2n) is 3.73. The Morgan fingerprint density at radius 1 is 1.35 bits per heavy atom. The number of benzene rings is 1. The molecule has 0 saturated heterocycles. The minimum atomic E-state index is -1.05. The lowest BCUT2D eigenvalue weighted by molar-refractivity contribution is 0.591. The van der Waals surface area contributed by atoms with Gasteiger partial charge in [0.05, 0.1) is 18.2 Å². The Kier molecular flexibility index (Phi) is 3.71. The lowest BCUT2D eigenvalue weighted by atomic mass is 10.3. The molecule has 0 fully saturated rings. The number of rotatable bonds is 4. The summed E-state index contributed by atoms with van der Waals surface area (Å²) < 4.78 is 14.1. The first kappa shape index (κ1) is 12.0. The molecular formula is C12H15N3OS. The number of anilines is 1. The van der Waals surface area contributed by atoms with E-state index in [1.165, 1.54) is 0 Å². The van der Waals surface area contributed by atoms with Gasteiger partial charge in [-0.3, -0.25) is 0 Å². The van der Waals surface area contributed by atoms with Crippen molar-refractivity contribution >= 4 is 16.9 Å². The highest BCUT2D eigenvalue weighted by atomic mass is 32.2. The summed E-state index contributed by atoms with van der Waals surface area (Å²) in [7, 11) is 0. The van der Waals surface area contributed by atoms with Crippen LogP contribution in [-0.2, 0) is 23.5 Å². The molecule has 1 unspecified atom stereocenters. The molecule has 90 valence electrons. The zero-order valence-corrected chi connectivity index (χ0v) is 10.5. The SMILES string of the molecule is CCn1cncc1C[S+]([O-])c1ccc(N)cc1. The van der Waals surface area contributed by atoms with Crippen LogP contribution in [0.25, 0.3) is 0 Å². The number of nitrogens with two attached hydrogens (primary N) is 1. The Balaban J connectivity index is 2.11. The summed E-state index contributed by atoms with van der Waals surface area (Å²) in [6.07, 6.45) is 3.52. The van der Waals surface area contributed by atoms with Gasteiger partial charge in [-0.2, -0.15) is 0 Å². The third-order valence-corrected chi connectivity index (χ3v) is 3.92. The first-order valence-electron chi connectivity index (χ1n) is 5.43. The highest BCUT2D eigenvalue weighted by Gasteiger charge is 2.14. The summed E-state index contributed by atoms with van der Waals surface area (Å²) in [6.45, 7) is 2.88. The van der Waals surface area contributed by atoms with Crippen molar-refractivity contribution in [1.29, 1.82) is 0 Å². The lowest BCUT2D eigenvalue weighted by Gasteiger charge is -2.11. The molecule has 0 saturated carbocycles. The Morgan fingerprint density at radius 3 is 2.71 bits per heavy atom. The van der Waals surface area contributed by atoms with Crippen LogP contribution in [0.3, 0.4) is 0 Å². The maximum atomic E-state index is 12.1. The standard InChI is InChI=1S/C12H15N3OS/c1-2-15-9-14-7-11(15)8-17(16)12-5-3-10(13)4-6-12/h3-7,9H,2,8,13H2,1H3. The van der Waals surface area contributed by atoms with Gasteiger partial charge in [-0.1, -0.05) is 0 Å². The maximum absolute atomic E-state index is 12.1. The van der Waals surface area contributed by atoms with Gasteiger partial charge in [-0.15, -0.1) is 0 Å². The van der Waals surface area contributed by atoms with Gasteiger partial charge in [0.25, 0.3) is 0 Å². The molecule has 1 heterocycles. The van der Waals surface area contributed by atoms with E-state index in [0.717, 1.165) is 17.1 Å². The summed E-state index contributed by atoms with van der Waals surface area (Å²) in [6, 6.07) is 7.14. The van der Waals surface area contributed by atoms with Gasteiger partial charge < -0.3 is 14.9 Å². The van der Waals surface area contributed by atoms with E-state index in [2.05, 4.69) is 4.98 Å². The number of nitrogen functional groups attached to an aromatic ring is 1. The second-order valence-corrected chi connectivity index (χ2v) is 5.18. The summed E-state index contributed by atoms with van der Waals surface area (Å²) in [4.78, 5) is 4.86. The number of aryl methyl sites for hydroxylation is 1. The van der Waals surface area contributed by atoms with Crippen molar-refractivity contribution in [3.63, 3.8) is 0 Å². The zero-order chi connectivity index (χ0) is 12.3. The molecule has 1 aromatic carbocycles. The molecular weight excluding hydrogens is 234 g/mol. The van der Waals surface area contributed by atoms with Crippen LogP contribution in [0.15, 0.2) is 41.7 Å². The van der Waals surface area contributed by atoms with Gasteiger partial charge >= 0.3 is 0 Å². The Morgan fingerprint density at radius 2 is 2.06 bits per heavy atom. The zero-order valence-electron chi connectivity index (χ0n) is 9.67. The average molecular weight is 249 g/mol. The molecule has 0 aliphatic rings. The molecule has 1 atom stereocenters. The quantitative estimate of drug-likeness (QED) is 0.663. The normalized spacial score (nSPS) is 12.6. The molecule has 5 heteroatoms. The van der Waals surface area contributed by atoms with Crippen LogP contribution in [0.1, 0.15) is 12.6 Å². The first-order valence-corrected chi connectivity index (χ1v) is 6.75. The molecule has 2 aromatic rings. The fraction of sp³-hybridized carbons (Fsp3) is 0.250. The number of imidazole rings is 1. The van der Waals surface area contributed by atoms with Crippen molar-refractivity contribution < 1.29 is 4.55 Å². The molecule has 4 nitrogen and oxygen atoms in total. The minimum absolute atomic E-state index is 0.484. The predicted octanol–water partition coefficient (Wildman–Crippen LogP) is 1.79. The fourth-order valence-electron chi connectivity index (χ4n) is 1.59. The van der Waals surface area contributed by atoms with E-state index in [1.807, 2.05) is 11.5 Å². The number of aromatic nitrogens is 2. The third kappa shape index (κ3) is 2.81. The summed E-state index contributed by atoms with van der Waals surface area (Å²) in [5.41, 5.74) is 7.27. The van der Waals surface area contributed by atoms with Gasteiger partial charge in [0.1, 0.15) is 0 Å². The molecule has 0 spiro atoms. The highest BCUT2D eigenvalue weighted by molar-refractivity contribution is 7.90. The fourth-order valence-corrected chi connectivity index (χ4v) is 2.71. The Bertz CT molecular complexity index is 481. The van der Waals surface area contributed by atoms with Crippen molar-refractivity contribution in [2.45, 2.75) is 24.1 Å². The monoisotopic (exact) mass is 249 g/mol. The highest BCUT2D eigenvalue weighted by Crippen LogP contribution is 2.17. The Labute approximate surface area is 104 Å². The average Bonchev–Trinajstić information content (AvgIpc) is 2.77. The van der Waals surface area contributed by atoms with Crippen LogP contribution in [0, 0.1) is 0 Å². The van der Waals surface area contributed by atoms with Gasteiger partial charge in [0.2, 0.25) is 0 Å². The smallest absolute Gasteiger partial charge is 0.153 e. The summed E-state index contributed by atoms with van der Waals surface area (Å²) in [5.74, 6) is 0.484. The number of nitrogens with zero attached hydrogens (tertiary/aromatic N) is 2. The molecule has 0 aliphatic carbocycles. The van der Waals surface area contributed by atoms with E-state index < -0.39 is 11.2 Å². The van der Waals surface area contributed by atoms with E-state index in [-0.39, 0.29) is 0 Å². The van der Waals surface area contributed by atoms with Crippen LogP contribution in [0.2, 0.25) is 0 Å². The van der Waals surface area contributed by atoms with Crippen LogP contribution < -0.4 is 5.73 Å². The third-order valence-electron chi connectivity index (χ3n) is 2.56. The molecule has 2 N–H and O–H groups in total. The van der Waals surface area contributed by atoms with E-state index in [4.69, 9.17) is 5.73 Å². The first-order chi connectivity index (χ1) is 8.20. The molecule has 0 bridgehead atoms. The molecule has 0 amide bonds. The van der Waals surface area contributed by atoms with Crippen molar-refractivity contribution in [3.8, 4) is 0 Å². The lowest BCUT2D eigenvalue weighted by Crippen LogP contribution is -2.09. The Hall–Kier alpha value is -1.46. The van der Waals surface area contributed by atoms with Crippen LogP contribution in [0.5, 0.6) is 0 Å². The largest absolute Gasteiger partial charge is 0.611 e. The van der Waals surface area contributed by atoms with E-state index in [1.54, 1.807) is 36.8 Å². The van der Waals surface area contributed by atoms with Crippen molar-refractivity contribution in [2.75, 3.05) is 5.73 Å². The van der Waals surface area contributed by atoms with Crippen molar-refractivity contribution in [3.05, 3.63) is 42.5 Å². The molecule has 1 aromatic heterocycles.